The maximum atomic E-state index is 13.3. The number of hydrogen-bond donors (Lipinski definition) is 2. The SMILES string of the molecule is O=C(Cc1cccs1)Nc1nc(CC(=O)Nc2nc3cc(F)c(F)cc3s2)cs1. The number of aromatic nitrogens is 2. The number of thiophene rings is 1. The highest BCUT2D eigenvalue weighted by Crippen LogP contribution is 2.28. The van der Waals surface area contributed by atoms with E-state index in [-0.39, 0.29) is 35.3 Å². The van der Waals surface area contributed by atoms with Gasteiger partial charge in [-0.2, -0.15) is 0 Å². The van der Waals surface area contributed by atoms with Crippen LogP contribution in [-0.4, -0.2) is 21.8 Å². The molecule has 0 aliphatic carbocycles. The lowest BCUT2D eigenvalue weighted by Gasteiger charge is -2.00. The molecular weight excluding hydrogens is 438 g/mol. The van der Waals surface area contributed by atoms with Gasteiger partial charge in [-0.3, -0.25) is 9.59 Å². The number of benzene rings is 1. The maximum Gasteiger partial charge on any atom is 0.232 e. The Morgan fingerprint density at radius 3 is 2.52 bits per heavy atom. The maximum absolute atomic E-state index is 13.3. The second-order valence-electron chi connectivity index (χ2n) is 5.93. The molecule has 0 spiro atoms. The van der Waals surface area contributed by atoms with Crippen LogP contribution in [0.1, 0.15) is 10.6 Å². The number of amides is 2. The first-order valence-corrected chi connectivity index (χ1v) is 10.9. The summed E-state index contributed by atoms with van der Waals surface area (Å²) < 4.78 is 27.0. The minimum absolute atomic E-state index is 0.0179. The average molecular weight is 451 g/mol. The van der Waals surface area contributed by atoms with Crippen LogP contribution in [0.2, 0.25) is 0 Å². The molecule has 2 amide bonds. The van der Waals surface area contributed by atoms with Gasteiger partial charge < -0.3 is 10.6 Å². The first-order chi connectivity index (χ1) is 14.0. The Labute approximate surface area is 175 Å². The van der Waals surface area contributed by atoms with E-state index < -0.39 is 11.6 Å². The summed E-state index contributed by atoms with van der Waals surface area (Å²) in [6.45, 7) is 0. The van der Waals surface area contributed by atoms with E-state index in [2.05, 4.69) is 20.6 Å². The van der Waals surface area contributed by atoms with Gasteiger partial charge in [-0.1, -0.05) is 17.4 Å². The van der Waals surface area contributed by atoms with Gasteiger partial charge in [0.05, 0.1) is 28.8 Å². The third-order valence-corrected chi connectivity index (χ3v) is 6.35. The van der Waals surface area contributed by atoms with Crippen molar-refractivity contribution in [1.82, 2.24) is 9.97 Å². The smallest absolute Gasteiger partial charge is 0.232 e. The highest BCUT2D eigenvalue weighted by Gasteiger charge is 2.14. The van der Waals surface area contributed by atoms with Gasteiger partial charge in [0.15, 0.2) is 21.9 Å². The Hall–Kier alpha value is -2.76. The fourth-order valence-corrected chi connectivity index (χ4v) is 4.80. The highest BCUT2D eigenvalue weighted by atomic mass is 32.1. The van der Waals surface area contributed by atoms with Gasteiger partial charge in [0.2, 0.25) is 11.8 Å². The molecule has 4 rings (SSSR count). The Kier molecular flexibility index (Phi) is 5.60. The number of carbonyl (C=O) groups is 2. The molecule has 6 nitrogen and oxygen atoms in total. The second-order valence-corrected chi connectivity index (χ2v) is 8.85. The number of carbonyl (C=O) groups excluding carboxylic acids is 2. The van der Waals surface area contributed by atoms with Crippen molar-refractivity contribution in [3.8, 4) is 0 Å². The van der Waals surface area contributed by atoms with E-state index >= 15 is 0 Å². The van der Waals surface area contributed by atoms with E-state index in [1.54, 1.807) is 5.38 Å². The lowest BCUT2D eigenvalue weighted by atomic mass is 10.3. The van der Waals surface area contributed by atoms with E-state index in [0.717, 1.165) is 28.3 Å². The monoisotopic (exact) mass is 450 g/mol. The van der Waals surface area contributed by atoms with Crippen molar-refractivity contribution in [2.24, 2.45) is 0 Å². The predicted octanol–water partition coefficient (Wildman–Crippen LogP) is 4.45. The summed E-state index contributed by atoms with van der Waals surface area (Å²) in [4.78, 5) is 33.5. The molecule has 0 aliphatic heterocycles. The Bertz CT molecular complexity index is 1150. The number of hydrogen-bond acceptors (Lipinski definition) is 7. The van der Waals surface area contributed by atoms with Crippen LogP contribution < -0.4 is 10.6 Å². The first-order valence-electron chi connectivity index (χ1n) is 8.28. The van der Waals surface area contributed by atoms with Gasteiger partial charge in [-0.25, -0.2) is 18.7 Å². The van der Waals surface area contributed by atoms with Crippen LogP contribution in [0.3, 0.4) is 0 Å². The van der Waals surface area contributed by atoms with E-state index in [1.165, 1.54) is 22.7 Å². The van der Waals surface area contributed by atoms with Gasteiger partial charge in [0.25, 0.3) is 0 Å². The fourth-order valence-electron chi connectivity index (χ4n) is 2.49. The van der Waals surface area contributed by atoms with E-state index in [9.17, 15) is 18.4 Å². The average Bonchev–Trinajstić information content (AvgIpc) is 3.38. The number of rotatable bonds is 6. The Morgan fingerprint density at radius 2 is 1.72 bits per heavy atom. The summed E-state index contributed by atoms with van der Waals surface area (Å²) in [5.74, 6) is -2.49. The molecule has 1 aromatic carbocycles. The first kappa shape index (κ1) is 19.6. The normalized spacial score (nSPS) is 11.0. The van der Waals surface area contributed by atoms with Crippen LogP contribution in [0.4, 0.5) is 19.0 Å². The molecule has 0 aliphatic rings. The molecule has 0 saturated carbocycles. The molecule has 0 atom stereocenters. The summed E-state index contributed by atoms with van der Waals surface area (Å²) in [6, 6.07) is 5.80. The molecule has 0 unspecified atom stereocenters. The van der Waals surface area contributed by atoms with Crippen molar-refractivity contribution in [3.05, 3.63) is 57.2 Å². The quantitative estimate of drug-likeness (QED) is 0.454. The molecule has 0 radical (unpaired) electrons. The predicted molar refractivity (Wildman–Crippen MR) is 111 cm³/mol. The number of halogens is 2. The molecule has 0 fully saturated rings. The molecular formula is C18H12F2N4O2S3. The van der Waals surface area contributed by atoms with Crippen LogP contribution in [0.5, 0.6) is 0 Å². The Balaban J connectivity index is 1.35. The van der Waals surface area contributed by atoms with Crippen molar-refractivity contribution >= 4 is 66.3 Å². The topological polar surface area (TPSA) is 84.0 Å². The highest BCUT2D eigenvalue weighted by molar-refractivity contribution is 7.22. The van der Waals surface area contributed by atoms with Crippen LogP contribution >= 0.6 is 34.0 Å². The molecule has 3 heterocycles. The van der Waals surface area contributed by atoms with E-state index in [4.69, 9.17) is 0 Å². The van der Waals surface area contributed by atoms with E-state index in [1.807, 2.05) is 17.5 Å². The van der Waals surface area contributed by atoms with Crippen molar-refractivity contribution < 1.29 is 18.4 Å². The van der Waals surface area contributed by atoms with Gasteiger partial charge in [0.1, 0.15) is 0 Å². The van der Waals surface area contributed by atoms with Gasteiger partial charge in [-0.05, 0) is 17.5 Å². The fraction of sp³-hybridized carbons (Fsp3) is 0.111. The van der Waals surface area contributed by atoms with Crippen molar-refractivity contribution in [2.75, 3.05) is 10.6 Å². The van der Waals surface area contributed by atoms with Gasteiger partial charge >= 0.3 is 0 Å². The number of fused-ring (bicyclic) bond motifs is 1. The molecule has 0 bridgehead atoms. The standard InChI is InChI=1S/C18H12F2N4O2S3/c19-11-6-13-14(7-12(11)20)29-18(22-13)24-15(25)4-9-8-28-17(21-9)23-16(26)5-10-2-1-3-27-10/h1-3,6-8H,4-5H2,(H,21,23,26)(H,22,24,25). The third kappa shape index (κ3) is 4.81. The molecule has 3 aromatic heterocycles. The zero-order chi connectivity index (χ0) is 20.4. The molecule has 29 heavy (non-hydrogen) atoms. The van der Waals surface area contributed by atoms with Gasteiger partial charge in [-0.15, -0.1) is 22.7 Å². The summed E-state index contributed by atoms with van der Waals surface area (Å²) >= 11 is 3.78. The molecule has 2 N–H and O–H groups in total. The van der Waals surface area contributed by atoms with Gasteiger partial charge in [0, 0.05) is 16.3 Å². The lowest BCUT2D eigenvalue weighted by Crippen LogP contribution is -2.15. The summed E-state index contributed by atoms with van der Waals surface area (Å²) in [6.07, 6.45) is 0.252. The molecule has 11 heteroatoms. The molecule has 148 valence electrons. The zero-order valence-electron chi connectivity index (χ0n) is 14.6. The molecule has 4 aromatic rings. The minimum Gasteiger partial charge on any atom is -0.302 e. The van der Waals surface area contributed by atoms with Crippen molar-refractivity contribution in [2.45, 2.75) is 12.8 Å². The van der Waals surface area contributed by atoms with E-state index in [0.29, 0.717) is 15.5 Å². The number of nitrogens with one attached hydrogen (secondary N) is 2. The Morgan fingerprint density at radius 1 is 0.966 bits per heavy atom. The van der Waals surface area contributed by atoms with Crippen LogP contribution in [0.25, 0.3) is 10.2 Å². The third-order valence-electron chi connectivity index (χ3n) is 3.73. The van der Waals surface area contributed by atoms with Crippen molar-refractivity contribution in [1.29, 1.82) is 0 Å². The van der Waals surface area contributed by atoms with Crippen LogP contribution in [-0.2, 0) is 22.4 Å². The molecule has 0 saturated heterocycles. The van der Waals surface area contributed by atoms with Crippen LogP contribution in [0.15, 0.2) is 35.0 Å². The summed E-state index contributed by atoms with van der Waals surface area (Å²) in [5.41, 5.74) is 0.769. The summed E-state index contributed by atoms with van der Waals surface area (Å²) in [5, 5.41) is 9.56. The zero-order valence-corrected chi connectivity index (χ0v) is 17.0. The summed E-state index contributed by atoms with van der Waals surface area (Å²) in [7, 11) is 0. The van der Waals surface area contributed by atoms with Crippen molar-refractivity contribution in [3.63, 3.8) is 0 Å². The van der Waals surface area contributed by atoms with Crippen LogP contribution in [0, 0.1) is 11.6 Å². The number of thiazole rings is 2. The number of anilines is 2. The largest absolute Gasteiger partial charge is 0.302 e. The number of nitrogens with zero attached hydrogens (tertiary/aromatic N) is 2. The second kappa shape index (κ2) is 8.31. The minimum atomic E-state index is -0.989. The lowest BCUT2D eigenvalue weighted by molar-refractivity contribution is -0.116.